The van der Waals surface area contributed by atoms with Gasteiger partial charge in [-0.1, -0.05) is 6.07 Å². The van der Waals surface area contributed by atoms with Crippen LogP contribution in [0.2, 0.25) is 0 Å². The average Bonchev–Trinajstić information content (AvgIpc) is 2.98. The maximum absolute atomic E-state index is 13.5. The summed E-state index contributed by atoms with van der Waals surface area (Å²) in [7, 11) is 2.73. The van der Waals surface area contributed by atoms with Gasteiger partial charge in [0, 0.05) is 19.7 Å². The first kappa shape index (κ1) is 21.3. The fraction of sp³-hybridized carbons (Fsp3) is 0.350. The number of nitrogens with zero attached hydrogens (tertiary/aromatic N) is 1. The van der Waals surface area contributed by atoms with Gasteiger partial charge in [0.25, 0.3) is 0 Å². The maximum atomic E-state index is 13.5. The fourth-order valence-corrected chi connectivity index (χ4v) is 3.01. The van der Waals surface area contributed by atoms with Crippen LogP contribution in [0, 0.1) is 18.6 Å². The Morgan fingerprint density at radius 3 is 2.39 bits per heavy atom. The van der Waals surface area contributed by atoms with Gasteiger partial charge in [-0.05, 0) is 37.1 Å². The van der Waals surface area contributed by atoms with Gasteiger partial charge in [-0.15, -0.1) is 0 Å². The predicted octanol–water partition coefficient (Wildman–Crippen LogP) is 3.35. The van der Waals surface area contributed by atoms with E-state index in [1.54, 1.807) is 13.8 Å². The van der Waals surface area contributed by atoms with Crippen LogP contribution < -0.4 is 0 Å². The van der Waals surface area contributed by atoms with Crippen LogP contribution in [-0.4, -0.2) is 41.7 Å². The van der Waals surface area contributed by atoms with Gasteiger partial charge < -0.3 is 14.6 Å². The van der Waals surface area contributed by atoms with Gasteiger partial charge in [-0.3, -0.25) is 9.59 Å². The molecule has 0 bridgehead atoms. The van der Waals surface area contributed by atoms with Crippen LogP contribution in [0.15, 0.2) is 18.2 Å². The lowest BCUT2D eigenvalue weighted by atomic mass is 10.0. The molecule has 6 nitrogen and oxygen atoms in total. The number of methoxy groups -OCH3 is 1. The van der Waals surface area contributed by atoms with Gasteiger partial charge in [0.2, 0.25) is 5.91 Å². The third-order valence-corrected chi connectivity index (χ3v) is 4.80. The van der Waals surface area contributed by atoms with Crippen molar-refractivity contribution in [1.82, 2.24) is 9.88 Å². The Kier molecular flexibility index (Phi) is 6.33. The van der Waals surface area contributed by atoms with E-state index in [4.69, 9.17) is 4.74 Å². The molecule has 2 rings (SSSR count). The number of nitrogens with one attached hydrogen (secondary N) is 1. The molecule has 2 aromatic rings. The van der Waals surface area contributed by atoms with Crippen LogP contribution in [0.5, 0.6) is 0 Å². The number of halogens is 2. The summed E-state index contributed by atoms with van der Waals surface area (Å²) in [6.07, 6.45) is -0.191. The van der Waals surface area contributed by atoms with Crippen molar-refractivity contribution in [2.75, 3.05) is 14.2 Å². The van der Waals surface area contributed by atoms with Crippen molar-refractivity contribution in [2.24, 2.45) is 0 Å². The second kappa shape index (κ2) is 8.33. The van der Waals surface area contributed by atoms with E-state index < -0.39 is 23.6 Å². The minimum atomic E-state index is -0.996. The molecule has 0 radical (unpaired) electrons. The number of esters is 1. The van der Waals surface area contributed by atoms with E-state index in [0.29, 0.717) is 11.1 Å². The van der Waals surface area contributed by atoms with Crippen molar-refractivity contribution >= 4 is 17.7 Å². The number of ketones is 1. The van der Waals surface area contributed by atoms with E-state index >= 15 is 0 Å². The summed E-state index contributed by atoms with van der Waals surface area (Å²) in [4.78, 5) is 40.8. The monoisotopic (exact) mass is 392 g/mol. The number of ether oxygens (including phenoxy) is 1. The maximum Gasteiger partial charge on any atom is 0.339 e. The predicted molar refractivity (Wildman–Crippen MR) is 98.1 cm³/mol. The van der Waals surface area contributed by atoms with E-state index in [1.165, 1.54) is 32.0 Å². The van der Waals surface area contributed by atoms with Gasteiger partial charge in [0.15, 0.2) is 17.4 Å². The first-order chi connectivity index (χ1) is 13.1. The zero-order valence-corrected chi connectivity index (χ0v) is 16.4. The van der Waals surface area contributed by atoms with Crippen LogP contribution in [-0.2, 0) is 16.0 Å². The zero-order valence-electron chi connectivity index (χ0n) is 16.4. The highest BCUT2D eigenvalue weighted by Gasteiger charge is 2.26. The number of hydrogen-bond acceptors (Lipinski definition) is 4. The smallest absolute Gasteiger partial charge is 0.339 e. The topological polar surface area (TPSA) is 79.5 Å². The number of likely N-dealkylation sites (N-methyl/N-ethyl adjacent to an activating group) is 1. The third-order valence-electron chi connectivity index (χ3n) is 4.80. The van der Waals surface area contributed by atoms with Crippen molar-refractivity contribution < 1.29 is 27.9 Å². The van der Waals surface area contributed by atoms with Crippen LogP contribution >= 0.6 is 0 Å². The van der Waals surface area contributed by atoms with Crippen LogP contribution in [0.3, 0.4) is 0 Å². The Morgan fingerprint density at radius 1 is 1.21 bits per heavy atom. The van der Waals surface area contributed by atoms with Gasteiger partial charge in [0.1, 0.15) is 0 Å². The molecule has 0 aliphatic rings. The van der Waals surface area contributed by atoms with Gasteiger partial charge in [-0.2, -0.15) is 0 Å². The molecule has 0 spiro atoms. The molecule has 0 fully saturated rings. The van der Waals surface area contributed by atoms with E-state index in [-0.39, 0.29) is 35.1 Å². The van der Waals surface area contributed by atoms with Gasteiger partial charge in [-0.25, -0.2) is 13.6 Å². The summed E-state index contributed by atoms with van der Waals surface area (Å²) < 4.78 is 31.4. The molecule has 28 heavy (non-hydrogen) atoms. The van der Waals surface area contributed by atoms with Crippen molar-refractivity contribution in [1.29, 1.82) is 0 Å². The van der Waals surface area contributed by atoms with Gasteiger partial charge >= 0.3 is 5.97 Å². The normalized spacial score (nSPS) is 11.8. The van der Waals surface area contributed by atoms with E-state index in [0.717, 1.165) is 12.1 Å². The summed E-state index contributed by atoms with van der Waals surface area (Å²) in [5, 5.41) is 0. The number of carbonyl (C=O) groups is 3. The highest BCUT2D eigenvalue weighted by Crippen LogP contribution is 2.24. The zero-order chi connectivity index (χ0) is 21.2. The lowest BCUT2D eigenvalue weighted by Gasteiger charge is -2.25. The van der Waals surface area contributed by atoms with Crippen LogP contribution in [0.1, 0.15) is 57.6 Å². The molecule has 1 aromatic carbocycles. The molecule has 8 heteroatoms. The van der Waals surface area contributed by atoms with E-state index in [1.807, 2.05) is 0 Å². The molecule has 1 unspecified atom stereocenters. The minimum absolute atomic E-state index is 0.148. The summed E-state index contributed by atoms with van der Waals surface area (Å²) in [6.45, 7) is 4.62. The average molecular weight is 392 g/mol. The Bertz CT molecular complexity index is 937. The molecule has 0 saturated carbocycles. The fourth-order valence-electron chi connectivity index (χ4n) is 3.01. The molecule has 0 saturated heterocycles. The number of Topliss-reactive ketones (excluding diaryl/α,β-unsaturated/α-hetero) is 1. The molecule has 1 atom stereocenters. The molecule has 1 N–H and O–H groups in total. The highest BCUT2D eigenvalue weighted by molar-refractivity contribution is 6.01. The largest absolute Gasteiger partial charge is 0.465 e. The standard InChI is InChI=1S/C20H22F2N2O4/c1-10-18(20(27)28-5)16(23-19(10)12(3)25)9-17(26)24(4)11(2)13-6-7-14(21)15(22)8-13/h6-8,11,23H,9H2,1-5H3. The number of rotatable bonds is 6. The Labute approximate surface area is 161 Å². The van der Waals surface area contributed by atoms with Crippen LogP contribution in [0.25, 0.3) is 0 Å². The molecule has 0 aliphatic carbocycles. The molecule has 150 valence electrons. The summed E-state index contributed by atoms with van der Waals surface area (Å²) in [5.74, 6) is -3.26. The summed E-state index contributed by atoms with van der Waals surface area (Å²) in [5.41, 5.74) is 1.49. The second-order valence-electron chi connectivity index (χ2n) is 6.56. The molecular formula is C20H22F2N2O4. The number of H-pyrrole nitrogens is 1. The summed E-state index contributed by atoms with van der Waals surface area (Å²) >= 11 is 0. The van der Waals surface area contributed by atoms with Crippen LogP contribution in [0.4, 0.5) is 8.78 Å². The second-order valence-corrected chi connectivity index (χ2v) is 6.56. The first-order valence-corrected chi connectivity index (χ1v) is 8.59. The Hall–Kier alpha value is -3.03. The number of hydrogen-bond donors (Lipinski definition) is 1. The highest BCUT2D eigenvalue weighted by atomic mass is 19.2. The molecule has 1 amide bonds. The van der Waals surface area contributed by atoms with Crippen molar-refractivity contribution in [2.45, 2.75) is 33.2 Å². The molecule has 0 aliphatic heterocycles. The number of benzene rings is 1. The first-order valence-electron chi connectivity index (χ1n) is 8.59. The quantitative estimate of drug-likeness (QED) is 0.604. The SMILES string of the molecule is COC(=O)c1c(CC(=O)N(C)C(C)c2ccc(F)c(F)c2)[nH]c(C(C)=O)c1C. The molecular weight excluding hydrogens is 370 g/mol. The van der Waals surface area contributed by atoms with Crippen molar-refractivity contribution in [3.05, 3.63) is 57.9 Å². The lowest BCUT2D eigenvalue weighted by molar-refractivity contribution is -0.131. The Balaban J connectivity index is 2.30. The minimum Gasteiger partial charge on any atom is -0.465 e. The third kappa shape index (κ3) is 4.11. The number of aromatic amines is 1. The number of aromatic nitrogens is 1. The molecule has 1 aromatic heterocycles. The van der Waals surface area contributed by atoms with E-state index in [2.05, 4.69) is 4.98 Å². The van der Waals surface area contributed by atoms with Crippen molar-refractivity contribution in [3.63, 3.8) is 0 Å². The summed E-state index contributed by atoms with van der Waals surface area (Å²) in [6, 6.07) is 2.91. The number of amides is 1. The van der Waals surface area contributed by atoms with Gasteiger partial charge in [0.05, 0.1) is 30.8 Å². The molecule has 1 heterocycles. The Morgan fingerprint density at radius 2 is 1.86 bits per heavy atom. The number of carbonyl (C=O) groups excluding carboxylic acids is 3. The lowest BCUT2D eigenvalue weighted by Crippen LogP contribution is -2.31. The van der Waals surface area contributed by atoms with E-state index in [9.17, 15) is 23.2 Å². The van der Waals surface area contributed by atoms with Crippen molar-refractivity contribution in [3.8, 4) is 0 Å².